The Morgan fingerprint density at radius 2 is 2.21 bits per heavy atom. The SMILES string of the molecule is COC(=O)C1CC(Cl)CCC1[N+](=O)[O-]. The molecule has 80 valence electrons. The van der Waals surface area contributed by atoms with Gasteiger partial charge in [-0.3, -0.25) is 14.9 Å². The van der Waals surface area contributed by atoms with Crippen molar-refractivity contribution in [2.24, 2.45) is 5.92 Å². The number of nitrogens with zero attached hydrogens (tertiary/aromatic N) is 1. The smallest absolute Gasteiger partial charge is 0.315 e. The van der Waals surface area contributed by atoms with Crippen LogP contribution in [0.15, 0.2) is 0 Å². The van der Waals surface area contributed by atoms with Gasteiger partial charge < -0.3 is 4.74 Å². The Morgan fingerprint density at radius 1 is 1.57 bits per heavy atom. The molecular weight excluding hydrogens is 210 g/mol. The maximum absolute atomic E-state index is 11.2. The Kier molecular flexibility index (Phi) is 3.69. The van der Waals surface area contributed by atoms with E-state index in [2.05, 4.69) is 4.74 Å². The molecule has 1 aliphatic rings. The van der Waals surface area contributed by atoms with Crippen LogP contribution in [0.25, 0.3) is 0 Å². The summed E-state index contributed by atoms with van der Waals surface area (Å²) in [6.45, 7) is 0. The maximum Gasteiger partial charge on any atom is 0.315 e. The van der Waals surface area contributed by atoms with E-state index in [1.165, 1.54) is 7.11 Å². The molecule has 3 atom stereocenters. The molecule has 0 amide bonds. The van der Waals surface area contributed by atoms with Crippen molar-refractivity contribution in [1.82, 2.24) is 0 Å². The van der Waals surface area contributed by atoms with Crippen molar-refractivity contribution in [2.75, 3.05) is 7.11 Å². The lowest BCUT2D eigenvalue weighted by Gasteiger charge is -2.26. The predicted octanol–water partition coefficient (Wildman–Crippen LogP) is 1.21. The van der Waals surface area contributed by atoms with E-state index in [1.54, 1.807) is 0 Å². The number of halogens is 1. The Labute approximate surface area is 86.5 Å². The molecule has 0 aromatic rings. The van der Waals surface area contributed by atoms with Crippen molar-refractivity contribution in [3.63, 3.8) is 0 Å². The van der Waals surface area contributed by atoms with Crippen LogP contribution in [-0.2, 0) is 9.53 Å². The zero-order valence-corrected chi connectivity index (χ0v) is 8.57. The average Bonchev–Trinajstić information content (AvgIpc) is 2.16. The monoisotopic (exact) mass is 221 g/mol. The van der Waals surface area contributed by atoms with Crippen molar-refractivity contribution in [3.05, 3.63) is 10.1 Å². The third kappa shape index (κ3) is 2.35. The molecule has 0 heterocycles. The van der Waals surface area contributed by atoms with Gasteiger partial charge in [-0.05, 0) is 12.8 Å². The first-order valence-corrected chi connectivity index (χ1v) is 4.85. The van der Waals surface area contributed by atoms with Crippen molar-refractivity contribution < 1.29 is 14.5 Å². The number of hydrogen-bond acceptors (Lipinski definition) is 4. The maximum atomic E-state index is 11.2. The van der Waals surface area contributed by atoms with Crippen LogP contribution in [0.1, 0.15) is 19.3 Å². The minimum absolute atomic E-state index is 0.157. The number of esters is 1. The molecule has 1 fully saturated rings. The fourth-order valence-corrected chi connectivity index (χ4v) is 2.08. The topological polar surface area (TPSA) is 69.4 Å². The first kappa shape index (κ1) is 11.2. The van der Waals surface area contributed by atoms with Crippen molar-refractivity contribution in [3.8, 4) is 0 Å². The molecule has 0 N–H and O–H groups in total. The second-order valence-electron chi connectivity index (χ2n) is 3.39. The third-order valence-corrected chi connectivity index (χ3v) is 2.92. The van der Waals surface area contributed by atoms with E-state index in [4.69, 9.17) is 11.6 Å². The van der Waals surface area contributed by atoms with Crippen LogP contribution >= 0.6 is 11.6 Å². The highest BCUT2D eigenvalue weighted by Gasteiger charge is 2.42. The zero-order chi connectivity index (χ0) is 10.7. The molecule has 0 spiro atoms. The Morgan fingerprint density at radius 3 is 2.71 bits per heavy atom. The second-order valence-corrected chi connectivity index (χ2v) is 4.01. The van der Waals surface area contributed by atoms with E-state index in [1.807, 2.05) is 0 Å². The number of rotatable bonds is 2. The molecule has 1 saturated carbocycles. The normalized spacial score (nSPS) is 32.3. The Hall–Kier alpha value is -0.840. The summed E-state index contributed by atoms with van der Waals surface area (Å²) in [6, 6.07) is -0.836. The van der Waals surface area contributed by atoms with Crippen molar-refractivity contribution >= 4 is 17.6 Å². The summed E-state index contributed by atoms with van der Waals surface area (Å²) in [6.07, 6.45) is 1.27. The molecule has 5 nitrogen and oxygen atoms in total. The van der Waals surface area contributed by atoms with Gasteiger partial charge in [-0.15, -0.1) is 11.6 Å². The lowest BCUT2D eigenvalue weighted by molar-refractivity contribution is -0.532. The van der Waals surface area contributed by atoms with E-state index >= 15 is 0 Å². The van der Waals surface area contributed by atoms with Crippen LogP contribution < -0.4 is 0 Å². The molecule has 0 aromatic carbocycles. The van der Waals surface area contributed by atoms with Gasteiger partial charge in [-0.1, -0.05) is 0 Å². The highest BCUT2D eigenvalue weighted by molar-refractivity contribution is 6.20. The van der Waals surface area contributed by atoms with Gasteiger partial charge in [0.05, 0.1) is 7.11 Å². The van der Waals surface area contributed by atoms with Gasteiger partial charge in [0.2, 0.25) is 6.04 Å². The molecule has 0 bridgehead atoms. The summed E-state index contributed by atoms with van der Waals surface area (Å²) in [5, 5.41) is 10.5. The molecule has 0 aromatic heterocycles. The summed E-state index contributed by atoms with van der Waals surface area (Å²) < 4.78 is 4.52. The number of nitro groups is 1. The Bertz CT molecular complexity index is 245. The van der Waals surface area contributed by atoms with Crippen LogP contribution in [-0.4, -0.2) is 29.4 Å². The lowest BCUT2D eigenvalue weighted by Crippen LogP contribution is -2.40. The van der Waals surface area contributed by atoms with E-state index < -0.39 is 22.9 Å². The molecule has 1 rings (SSSR count). The fourth-order valence-electron chi connectivity index (χ4n) is 1.76. The molecule has 6 heteroatoms. The molecule has 0 saturated heterocycles. The van der Waals surface area contributed by atoms with Crippen molar-refractivity contribution in [1.29, 1.82) is 0 Å². The van der Waals surface area contributed by atoms with Crippen LogP contribution in [0.4, 0.5) is 0 Å². The minimum Gasteiger partial charge on any atom is -0.469 e. The average molecular weight is 222 g/mol. The van der Waals surface area contributed by atoms with Gasteiger partial charge >= 0.3 is 5.97 Å². The summed E-state index contributed by atoms with van der Waals surface area (Å²) >= 11 is 5.85. The molecule has 3 unspecified atom stereocenters. The first-order chi connectivity index (χ1) is 6.56. The van der Waals surface area contributed by atoms with Crippen LogP contribution in [0, 0.1) is 16.0 Å². The number of methoxy groups -OCH3 is 1. The summed E-state index contributed by atoms with van der Waals surface area (Å²) in [5.41, 5.74) is 0. The quantitative estimate of drug-likeness (QED) is 0.304. The van der Waals surface area contributed by atoms with Gasteiger partial charge in [0, 0.05) is 16.7 Å². The molecular formula is C8H12ClNO4. The van der Waals surface area contributed by atoms with E-state index in [9.17, 15) is 14.9 Å². The van der Waals surface area contributed by atoms with Gasteiger partial charge in [-0.2, -0.15) is 0 Å². The van der Waals surface area contributed by atoms with E-state index in [0.29, 0.717) is 19.3 Å². The number of carbonyl (C=O) groups excluding carboxylic acids is 1. The lowest BCUT2D eigenvalue weighted by atomic mass is 9.84. The van der Waals surface area contributed by atoms with Gasteiger partial charge in [0.25, 0.3) is 0 Å². The summed E-state index contributed by atoms with van der Waals surface area (Å²) in [4.78, 5) is 21.5. The Balaban J connectivity index is 2.73. The molecule has 0 aliphatic heterocycles. The molecule has 1 aliphatic carbocycles. The third-order valence-electron chi connectivity index (χ3n) is 2.52. The molecule has 14 heavy (non-hydrogen) atoms. The van der Waals surface area contributed by atoms with Gasteiger partial charge in [0.15, 0.2) is 0 Å². The first-order valence-electron chi connectivity index (χ1n) is 4.41. The van der Waals surface area contributed by atoms with Crippen LogP contribution in [0.3, 0.4) is 0 Å². The second kappa shape index (κ2) is 4.59. The summed E-state index contributed by atoms with van der Waals surface area (Å²) in [7, 11) is 1.23. The predicted molar refractivity (Wildman–Crippen MR) is 49.8 cm³/mol. The number of hydrogen-bond donors (Lipinski definition) is 0. The number of carbonyl (C=O) groups is 1. The zero-order valence-electron chi connectivity index (χ0n) is 7.81. The van der Waals surface area contributed by atoms with E-state index in [0.717, 1.165) is 0 Å². The standard InChI is InChI=1S/C8H12ClNO4/c1-14-8(11)6-4-5(9)2-3-7(6)10(12)13/h5-7H,2-4H2,1H3. The highest BCUT2D eigenvalue weighted by Crippen LogP contribution is 2.30. The highest BCUT2D eigenvalue weighted by atomic mass is 35.5. The van der Waals surface area contributed by atoms with Gasteiger partial charge in [-0.25, -0.2) is 0 Å². The largest absolute Gasteiger partial charge is 0.469 e. The van der Waals surface area contributed by atoms with Gasteiger partial charge in [0.1, 0.15) is 5.92 Å². The van der Waals surface area contributed by atoms with Crippen LogP contribution in [0.5, 0.6) is 0 Å². The van der Waals surface area contributed by atoms with Crippen molar-refractivity contribution in [2.45, 2.75) is 30.7 Å². The minimum atomic E-state index is -0.836. The summed E-state index contributed by atoms with van der Waals surface area (Å²) in [5.74, 6) is -1.22. The van der Waals surface area contributed by atoms with Crippen LogP contribution in [0.2, 0.25) is 0 Å². The van der Waals surface area contributed by atoms with E-state index in [-0.39, 0.29) is 5.38 Å². The molecule has 0 radical (unpaired) electrons. The number of ether oxygens (including phenoxy) is 1. The fraction of sp³-hybridized carbons (Fsp3) is 0.875. The number of alkyl halides is 1.